The molecule has 1 aromatic rings. The first-order valence-corrected chi connectivity index (χ1v) is 8.25. The zero-order valence-electron chi connectivity index (χ0n) is 13.8. The minimum absolute atomic E-state index is 0.404. The maximum Gasteiger partial charge on any atom is 0.00392 e. The third-order valence-corrected chi connectivity index (χ3v) is 4.77. The molecule has 1 aromatic carbocycles. The topological polar surface area (TPSA) is 26.0 Å². The number of benzene rings is 1. The van der Waals surface area contributed by atoms with E-state index in [-0.39, 0.29) is 0 Å². The normalized spacial score (nSPS) is 21.9. The van der Waals surface area contributed by atoms with Gasteiger partial charge in [-0.3, -0.25) is 0 Å². The van der Waals surface area contributed by atoms with E-state index in [9.17, 15) is 0 Å². The van der Waals surface area contributed by atoms with Crippen molar-refractivity contribution < 1.29 is 0 Å². The fourth-order valence-electron chi connectivity index (χ4n) is 3.43. The lowest BCUT2D eigenvalue weighted by Gasteiger charge is -2.29. The van der Waals surface area contributed by atoms with E-state index in [2.05, 4.69) is 45.5 Å². The molecule has 2 rings (SSSR count). The molecule has 0 bridgehead atoms. The lowest BCUT2D eigenvalue weighted by Crippen LogP contribution is -2.26. The van der Waals surface area contributed by atoms with Crippen molar-refractivity contribution in [3.8, 4) is 0 Å². The summed E-state index contributed by atoms with van der Waals surface area (Å²) in [5, 5.41) is 0. The minimum Gasteiger partial charge on any atom is -0.328 e. The van der Waals surface area contributed by atoms with E-state index in [0.29, 0.717) is 12.0 Å². The highest BCUT2D eigenvalue weighted by atomic mass is 14.6. The molecule has 1 saturated carbocycles. The van der Waals surface area contributed by atoms with Gasteiger partial charge >= 0.3 is 0 Å². The van der Waals surface area contributed by atoms with Crippen molar-refractivity contribution in [2.24, 2.45) is 5.73 Å². The van der Waals surface area contributed by atoms with Gasteiger partial charge < -0.3 is 5.73 Å². The number of hydrogen-bond donors (Lipinski definition) is 1. The Hall–Kier alpha value is -1.34. The molecule has 0 aromatic heterocycles. The fourth-order valence-corrected chi connectivity index (χ4v) is 3.43. The molecule has 0 aliphatic heterocycles. The molecule has 114 valence electrons. The quantitative estimate of drug-likeness (QED) is 0.754. The van der Waals surface area contributed by atoms with E-state index < -0.39 is 0 Å². The third kappa shape index (κ3) is 3.65. The highest BCUT2D eigenvalue weighted by Gasteiger charge is 2.23. The maximum absolute atomic E-state index is 6.08. The maximum atomic E-state index is 6.08. The van der Waals surface area contributed by atoms with Crippen molar-refractivity contribution in [3.63, 3.8) is 0 Å². The molecule has 0 saturated heterocycles. The van der Waals surface area contributed by atoms with Gasteiger partial charge in [-0.15, -0.1) is 0 Å². The number of aryl methyl sites for hydroxylation is 1. The Bertz CT molecular complexity index is 527. The zero-order chi connectivity index (χ0) is 15.4. The molecule has 0 atom stereocenters. The van der Waals surface area contributed by atoms with E-state index in [4.69, 9.17) is 5.73 Å². The lowest BCUT2D eigenvalue weighted by molar-refractivity contribution is 0.395. The molecular formula is C20H29N. The van der Waals surface area contributed by atoms with Crippen LogP contribution in [0.5, 0.6) is 0 Å². The predicted octanol–water partition coefficient (Wildman–Crippen LogP) is 5.21. The van der Waals surface area contributed by atoms with Gasteiger partial charge in [0, 0.05) is 6.04 Å². The Kier molecular flexibility index (Phi) is 5.41. The molecular weight excluding hydrogens is 254 g/mol. The van der Waals surface area contributed by atoms with Crippen molar-refractivity contribution >= 4 is 5.57 Å². The minimum atomic E-state index is 0.404. The van der Waals surface area contributed by atoms with Gasteiger partial charge in [0.1, 0.15) is 0 Å². The smallest absolute Gasteiger partial charge is 0.00392 e. The summed E-state index contributed by atoms with van der Waals surface area (Å²) < 4.78 is 0. The van der Waals surface area contributed by atoms with Crippen molar-refractivity contribution in [1.29, 1.82) is 0 Å². The third-order valence-electron chi connectivity index (χ3n) is 4.77. The second kappa shape index (κ2) is 7.09. The van der Waals surface area contributed by atoms with Crippen molar-refractivity contribution in [3.05, 3.63) is 53.1 Å². The molecule has 0 heterocycles. The first-order chi connectivity index (χ1) is 10.1. The van der Waals surface area contributed by atoms with Crippen LogP contribution >= 0.6 is 0 Å². The molecule has 1 nitrogen and oxygen atoms in total. The van der Waals surface area contributed by atoms with Crippen LogP contribution in [0.2, 0.25) is 0 Å². The Morgan fingerprint density at radius 1 is 1.24 bits per heavy atom. The Morgan fingerprint density at radius 3 is 2.43 bits per heavy atom. The average Bonchev–Trinajstić information content (AvgIpc) is 2.49. The van der Waals surface area contributed by atoms with Crippen LogP contribution in [0, 0.1) is 0 Å². The van der Waals surface area contributed by atoms with Gasteiger partial charge in [0.2, 0.25) is 0 Å². The molecule has 0 unspecified atom stereocenters. The van der Waals surface area contributed by atoms with E-state index in [1.807, 2.05) is 6.08 Å². The highest BCUT2D eigenvalue weighted by Crippen LogP contribution is 2.37. The molecule has 2 N–H and O–H groups in total. The van der Waals surface area contributed by atoms with Crippen LogP contribution in [-0.4, -0.2) is 6.04 Å². The molecule has 1 fully saturated rings. The second-order valence-electron chi connectivity index (χ2n) is 6.50. The summed E-state index contributed by atoms with van der Waals surface area (Å²) in [6, 6.07) is 7.39. The number of rotatable bonds is 4. The molecule has 21 heavy (non-hydrogen) atoms. The second-order valence-corrected chi connectivity index (χ2v) is 6.50. The Labute approximate surface area is 129 Å². The van der Waals surface area contributed by atoms with Crippen LogP contribution in [0.25, 0.3) is 5.57 Å². The molecule has 1 aliphatic carbocycles. The predicted molar refractivity (Wildman–Crippen MR) is 93.5 cm³/mol. The average molecular weight is 283 g/mol. The van der Waals surface area contributed by atoms with Gasteiger partial charge in [-0.25, -0.2) is 0 Å². The van der Waals surface area contributed by atoms with Crippen LogP contribution < -0.4 is 5.73 Å². The summed E-state index contributed by atoms with van der Waals surface area (Å²) in [5.74, 6) is 0.653. The van der Waals surface area contributed by atoms with E-state index in [1.54, 1.807) is 0 Å². The first-order valence-electron chi connectivity index (χ1n) is 8.25. The van der Waals surface area contributed by atoms with Gasteiger partial charge in [0.15, 0.2) is 0 Å². The molecule has 1 aliphatic rings. The summed E-state index contributed by atoms with van der Waals surface area (Å²) in [5.41, 5.74) is 13.0. The van der Waals surface area contributed by atoms with Gasteiger partial charge in [0.25, 0.3) is 0 Å². The van der Waals surface area contributed by atoms with Crippen molar-refractivity contribution in [2.75, 3.05) is 0 Å². The van der Waals surface area contributed by atoms with Crippen LogP contribution in [0.3, 0.4) is 0 Å². The number of nitrogens with two attached hydrogens (primary N) is 1. The van der Waals surface area contributed by atoms with Crippen LogP contribution in [0.1, 0.15) is 69.1 Å². The van der Waals surface area contributed by atoms with Crippen LogP contribution in [-0.2, 0) is 6.42 Å². The fraction of sp³-hybridized carbons (Fsp3) is 0.500. The van der Waals surface area contributed by atoms with Gasteiger partial charge in [-0.1, -0.05) is 43.4 Å². The van der Waals surface area contributed by atoms with Gasteiger partial charge in [-0.05, 0) is 74.1 Å². The first kappa shape index (κ1) is 16.0. The van der Waals surface area contributed by atoms with Gasteiger partial charge in [0.05, 0.1) is 0 Å². The summed E-state index contributed by atoms with van der Waals surface area (Å²) in [6.07, 6.45) is 7.84. The lowest BCUT2D eigenvalue weighted by atomic mass is 9.78. The number of allylic oxidation sites excluding steroid dienone is 3. The number of hydrogen-bond acceptors (Lipinski definition) is 1. The summed E-state index contributed by atoms with van der Waals surface area (Å²) in [6.45, 7) is 10.6. The highest BCUT2D eigenvalue weighted by molar-refractivity contribution is 5.78. The van der Waals surface area contributed by atoms with Crippen LogP contribution in [0.15, 0.2) is 36.4 Å². The summed E-state index contributed by atoms with van der Waals surface area (Å²) >= 11 is 0. The van der Waals surface area contributed by atoms with Crippen molar-refractivity contribution in [2.45, 2.75) is 64.8 Å². The monoisotopic (exact) mass is 283 g/mol. The van der Waals surface area contributed by atoms with Gasteiger partial charge in [-0.2, -0.15) is 0 Å². The molecule has 1 heteroatoms. The van der Waals surface area contributed by atoms with E-state index in [1.165, 1.54) is 40.7 Å². The van der Waals surface area contributed by atoms with Crippen LogP contribution in [0.4, 0.5) is 0 Å². The molecule has 0 radical (unpaired) electrons. The summed E-state index contributed by atoms with van der Waals surface area (Å²) in [7, 11) is 0. The molecule has 0 spiro atoms. The Balaban J connectivity index is 2.46. The standard InChI is InChI=1S/C20H29N/c1-5-15-7-12-19(18(6-2)14(3)4)20(13-15)16-8-10-17(21)11-9-16/h6-7,12-13,16-17H,2,5,8-11,21H2,1,3-4H3. The SMILES string of the molecule is C=CC(=C(C)C)c1ccc(CC)cc1C1CCC(N)CC1. The van der Waals surface area contributed by atoms with Crippen molar-refractivity contribution in [1.82, 2.24) is 0 Å². The Morgan fingerprint density at radius 2 is 1.90 bits per heavy atom. The largest absolute Gasteiger partial charge is 0.328 e. The van der Waals surface area contributed by atoms with E-state index in [0.717, 1.165) is 19.3 Å². The molecule has 0 amide bonds. The summed E-state index contributed by atoms with van der Waals surface area (Å²) in [4.78, 5) is 0. The van der Waals surface area contributed by atoms with E-state index >= 15 is 0 Å². The zero-order valence-corrected chi connectivity index (χ0v) is 13.8.